The molecule has 0 unspecified atom stereocenters. The molecule has 17 N–H and O–H groups in total. The normalized spacial score (nSPS) is 39.6. The van der Waals surface area contributed by atoms with Crippen molar-refractivity contribution in [1.29, 1.82) is 0 Å². The van der Waals surface area contributed by atoms with Crippen LogP contribution in [0.5, 0.6) is 0 Å². The Kier molecular flexibility index (Phi) is 12.0. The van der Waals surface area contributed by atoms with E-state index in [9.17, 15) is 20.1 Å². The summed E-state index contributed by atoms with van der Waals surface area (Å²) in [4.78, 5) is 12.1. The Morgan fingerprint density at radius 1 is 1.03 bits per heavy atom. The average molecular weight is 493 g/mol. The highest BCUT2D eigenvalue weighted by Crippen LogP contribution is 2.27. The minimum atomic E-state index is -1.31. The highest BCUT2D eigenvalue weighted by atomic mass is 16.7. The summed E-state index contributed by atoms with van der Waals surface area (Å²) in [6, 6.07) is -3.55. The minimum absolute atomic E-state index is 0.0508. The van der Waals surface area contributed by atoms with Gasteiger partial charge in [-0.05, 0) is 25.8 Å². The number of hydrogen-bond donors (Lipinski definition) is 11. The Morgan fingerprint density at radius 3 is 2.38 bits per heavy atom. The number of rotatable bonds is 12. The van der Waals surface area contributed by atoms with E-state index in [1.54, 1.807) is 0 Å². The highest BCUT2D eigenvalue weighted by Gasteiger charge is 2.48. The summed E-state index contributed by atoms with van der Waals surface area (Å²) in [5.74, 6) is -0.272. The van der Waals surface area contributed by atoms with Gasteiger partial charge in [0.05, 0.1) is 30.3 Å². The van der Waals surface area contributed by atoms with Crippen LogP contribution >= 0.6 is 0 Å². The summed E-state index contributed by atoms with van der Waals surface area (Å²) < 4.78 is 11.7. The second-order valence-electron chi connectivity index (χ2n) is 9.15. The zero-order valence-electron chi connectivity index (χ0n) is 19.5. The molecular weight excluding hydrogens is 448 g/mol. The summed E-state index contributed by atoms with van der Waals surface area (Å²) in [6.07, 6.45) is -3.92. The van der Waals surface area contributed by atoms with E-state index in [0.717, 1.165) is 12.8 Å². The fraction of sp³-hybridized carbons (Fsp3) is 0.950. The quantitative estimate of drug-likeness (QED) is 0.113. The second kappa shape index (κ2) is 13.9. The van der Waals surface area contributed by atoms with Crippen LogP contribution in [-0.2, 0) is 14.3 Å². The van der Waals surface area contributed by atoms with E-state index >= 15 is 0 Å². The van der Waals surface area contributed by atoms with Crippen molar-refractivity contribution in [3.8, 4) is 0 Å². The van der Waals surface area contributed by atoms with Crippen molar-refractivity contribution in [1.82, 2.24) is 10.6 Å². The standard InChI is InChI=1S/C20H44N8O6/c21-4-2-1-3-9(23)19(32)28-6-5-27-14-15(29)10(24)7-11(25)18(14)34-20-13(26)17(31)16(30)12(8-22)33-20/h9-18,20,27,29-31H,1-8,21-26H2,(H,28,32)/t9-,10+,11-,12+,13+,14-,15-,16+,17+,18-,20+/m0/s1. The molecular formula is C20H44N8O6. The van der Waals surface area contributed by atoms with Crippen LogP contribution in [0.3, 0.4) is 0 Å². The maximum absolute atomic E-state index is 12.1. The molecule has 0 aromatic carbocycles. The molecule has 0 radical (unpaired) electrons. The van der Waals surface area contributed by atoms with Crippen molar-refractivity contribution in [3.63, 3.8) is 0 Å². The SMILES string of the molecule is NCCCC[C@H](N)C(=O)NCCN[C@H]1[C@@H](O)[C@H](N)C[C@H](N)[C@@H]1O[C@H]1O[C@H](CN)[C@@H](O)[C@H](O)[C@H]1N. The largest absolute Gasteiger partial charge is 0.390 e. The van der Waals surface area contributed by atoms with Gasteiger partial charge in [-0.2, -0.15) is 0 Å². The van der Waals surface area contributed by atoms with Gasteiger partial charge in [0.2, 0.25) is 5.91 Å². The van der Waals surface area contributed by atoms with E-state index in [-0.39, 0.29) is 32.0 Å². The van der Waals surface area contributed by atoms with Gasteiger partial charge < -0.3 is 69.8 Å². The summed E-state index contributed by atoms with van der Waals surface area (Å²) in [5.41, 5.74) is 35.3. The number of unbranched alkanes of at least 4 members (excludes halogenated alkanes) is 1. The fourth-order valence-electron chi connectivity index (χ4n) is 4.36. The van der Waals surface area contributed by atoms with Crippen LogP contribution in [0.4, 0.5) is 0 Å². The summed E-state index contributed by atoms with van der Waals surface area (Å²) in [6.45, 7) is 1.04. The molecule has 1 aliphatic carbocycles. The Labute approximate surface area is 200 Å². The van der Waals surface area contributed by atoms with E-state index in [0.29, 0.717) is 13.0 Å². The molecule has 2 rings (SSSR count). The lowest BCUT2D eigenvalue weighted by atomic mass is 9.82. The molecule has 14 heteroatoms. The predicted octanol–water partition coefficient (Wildman–Crippen LogP) is -5.95. The lowest BCUT2D eigenvalue weighted by Crippen LogP contribution is -2.70. The molecule has 1 heterocycles. The van der Waals surface area contributed by atoms with Crippen molar-refractivity contribution in [2.75, 3.05) is 26.2 Å². The third-order valence-electron chi connectivity index (χ3n) is 6.51. The highest BCUT2D eigenvalue weighted by molar-refractivity contribution is 5.81. The summed E-state index contributed by atoms with van der Waals surface area (Å²) >= 11 is 0. The number of amides is 1. The lowest BCUT2D eigenvalue weighted by Gasteiger charge is -2.47. The van der Waals surface area contributed by atoms with Crippen molar-refractivity contribution >= 4 is 5.91 Å². The first-order valence-corrected chi connectivity index (χ1v) is 11.9. The van der Waals surface area contributed by atoms with Gasteiger partial charge in [0, 0.05) is 31.7 Å². The zero-order chi connectivity index (χ0) is 25.4. The number of aliphatic hydroxyl groups is 3. The molecule has 2 fully saturated rings. The van der Waals surface area contributed by atoms with Crippen LogP contribution in [0.2, 0.25) is 0 Å². The molecule has 11 atom stereocenters. The van der Waals surface area contributed by atoms with E-state index in [4.69, 9.17) is 43.9 Å². The van der Waals surface area contributed by atoms with Crippen LogP contribution in [0.15, 0.2) is 0 Å². The van der Waals surface area contributed by atoms with Gasteiger partial charge in [-0.3, -0.25) is 4.79 Å². The van der Waals surface area contributed by atoms with Crippen molar-refractivity contribution in [2.45, 2.75) is 92.7 Å². The lowest BCUT2D eigenvalue weighted by molar-refractivity contribution is -0.279. The first kappa shape index (κ1) is 29.2. The molecule has 1 saturated heterocycles. The number of nitrogens with one attached hydrogen (secondary N) is 2. The van der Waals surface area contributed by atoms with Crippen molar-refractivity contribution in [3.05, 3.63) is 0 Å². The van der Waals surface area contributed by atoms with Gasteiger partial charge in [0.15, 0.2) is 6.29 Å². The molecule has 1 saturated carbocycles. The van der Waals surface area contributed by atoms with Gasteiger partial charge in [-0.25, -0.2) is 0 Å². The molecule has 14 nitrogen and oxygen atoms in total. The van der Waals surface area contributed by atoms with E-state index in [2.05, 4.69) is 10.6 Å². The predicted molar refractivity (Wildman–Crippen MR) is 125 cm³/mol. The molecule has 2 aliphatic rings. The maximum atomic E-state index is 12.1. The van der Waals surface area contributed by atoms with Crippen LogP contribution in [0, 0.1) is 0 Å². The van der Waals surface area contributed by atoms with E-state index in [1.165, 1.54) is 0 Å². The fourth-order valence-corrected chi connectivity index (χ4v) is 4.36. The maximum Gasteiger partial charge on any atom is 0.236 e. The van der Waals surface area contributed by atoms with Gasteiger partial charge in [-0.15, -0.1) is 0 Å². The molecule has 0 spiro atoms. The molecule has 34 heavy (non-hydrogen) atoms. The minimum Gasteiger partial charge on any atom is -0.390 e. The Balaban J connectivity index is 1.95. The Morgan fingerprint density at radius 2 is 1.74 bits per heavy atom. The first-order chi connectivity index (χ1) is 16.1. The second-order valence-corrected chi connectivity index (χ2v) is 9.15. The Hall–Kier alpha value is -1.01. The molecule has 1 aliphatic heterocycles. The topological polar surface area (TPSA) is 276 Å². The number of hydrogen-bond acceptors (Lipinski definition) is 13. The monoisotopic (exact) mass is 492 g/mol. The van der Waals surface area contributed by atoms with Gasteiger partial charge in [-0.1, -0.05) is 6.42 Å². The first-order valence-electron chi connectivity index (χ1n) is 11.9. The van der Waals surface area contributed by atoms with Gasteiger partial charge in [0.1, 0.15) is 18.3 Å². The molecule has 0 aromatic heterocycles. The van der Waals surface area contributed by atoms with Crippen LogP contribution in [0.1, 0.15) is 25.7 Å². The number of nitrogens with two attached hydrogens (primary N) is 6. The smallest absolute Gasteiger partial charge is 0.236 e. The summed E-state index contributed by atoms with van der Waals surface area (Å²) in [7, 11) is 0. The van der Waals surface area contributed by atoms with Crippen LogP contribution in [-0.4, -0.2) is 114 Å². The molecule has 0 aromatic rings. The summed E-state index contributed by atoms with van der Waals surface area (Å²) in [5, 5.41) is 36.9. The Bertz CT molecular complexity index is 620. The molecule has 1 amide bonds. The van der Waals surface area contributed by atoms with Gasteiger partial charge >= 0.3 is 0 Å². The van der Waals surface area contributed by atoms with Crippen LogP contribution in [0.25, 0.3) is 0 Å². The van der Waals surface area contributed by atoms with Crippen molar-refractivity contribution < 1.29 is 29.6 Å². The van der Waals surface area contributed by atoms with E-state index in [1.807, 2.05) is 0 Å². The molecule has 200 valence electrons. The number of ether oxygens (including phenoxy) is 2. The molecule has 0 bridgehead atoms. The third kappa shape index (κ3) is 7.49. The average Bonchev–Trinajstić information content (AvgIpc) is 2.81. The number of carbonyl (C=O) groups excluding carboxylic acids is 1. The number of carbonyl (C=O) groups is 1. The van der Waals surface area contributed by atoms with E-state index < -0.39 is 67.0 Å². The number of aliphatic hydroxyl groups excluding tert-OH is 3. The van der Waals surface area contributed by atoms with Crippen molar-refractivity contribution in [2.24, 2.45) is 34.4 Å². The zero-order valence-corrected chi connectivity index (χ0v) is 19.5. The van der Waals surface area contributed by atoms with Gasteiger partial charge in [0.25, 0.3) is 0 Å². The third-order valence-corrected chi connectivity index (χ3v) is 6.51. The van der Waals surface area contributed by atoms with Crippen LogP contribution < -0.4 is 45.0 Å².